The number of anilines is 1. The number of rotatable bonds is 3. The number of ether oxygens (including phenoxy) is 1. The predicted molar refractivity (Wildman–Crippen MR) is 88.9 cm³/mol. The van der Waals surface area contributed by atoms with E-state index in [1.165, 1.54) is 0 Å². The molecule has 0 saturated carbocycles. The first-order chi connectivity index (χ1) is 11.1. The van der Waals surface area contributed by atoms with Gasteiger partial charge in [0.2, 0.25) is 0 Å². The third-order valence-corrected chi connectivity index (χ3v) is 4.02. The van der Waals surface area contributed by atoms with E-state index in [0.29, 0.717) is 35.1 Å². The number of fused-ring (bicyclic) bond motifs is 1. The van der Waals surface area contributed by atoms with Crippen LogP contribution in [0.2, 0.25) is 5.02 Å². The maximum Gasteiger partial charge on any atom is 0.319 e. The Morgan fingerprint density at radius 3 is 2.91 bits per heavy atom. The lowest BCUT2D eigenvalue weighted by molar-refractivity contribution is 0.000398. The third kappa shape index (κ3) is 3.57. The van der Waals surface area contributed by atoms with Crippen LogP contribution in [0.25, 0.3) is 0 Å². The number of carbonyl (C=O) groups is 1. The Morgan fingerprint density at radius 2 is 2.09 bits per heavy atom. The molecule has 120 valence electrons. The van der Waals surface area contributed by atoms with Gasteiger partial charge in [-0.05, 0) is 24.3 Å². The summed E-state index contributed by atoms with van der Waals surface area (Å²) >= 11 is 5.88. The van der Waals surface area contributed by atoms with E-state index in [-0.39, 0.29) is 6.54 Å². The number of hydrogen-bond acceptors (Lipinski definition) is 3. The second-order valence-corrected chi connectivity index (χ2v) is 5.88. The quantitative estimate of drug-likeness (QED) is 0.808. The van der Waals surface area contributed by atoms with Crippen molar-refractivity contribution in [1.29, 1.82) is 0 Å². The third-order valence-electron chi connectivity index (χ3n) is 3.79. The molecule has 6 heteroatoms. The van der Waals surface area contributed by atoms with Gasteiger partial charge >= 0.3 is 6.03 Å². The van der Waals surface area contributed by atoms with E-state index in [9.17, 15) is 9.90 Å². The lowest BCUT2D eigenvalue weighted by Crippen LogP contribution is -2.45. The molecular formula is C17H17ClN2O3. The summed E-state index contributed by atoms with van der Waals surface area (Å²) in [6.45, 7) is 0.505. The molecule has 0 aromatic heterocycles. The van der Waals surface area contributed by atoms with Gasteiger partial charge in [-0.15, -0.1) is 0 Å². The first kappa shape index (κ1) is 15.6. The van der Waals surface area contributed by atoms with Crippen molar-refractivity contribution >= 4 is 23.3 Å². The Hall–Kier alpha value is -2.24. The Balaban J connectivity index is 1.65. The summed E-state index contributed by atoms with van der Waals surface area (Å²) in [7, 11) is 0. The van der Waals surface area contributed by atoms with Crippen LogP contribution in [0, 0.1) is 0 Å². The fourth-order valence-corrected chi connectivity index (χ4v) is 2.78. The Labute approximate surface area is 139 Å². The number of urea groups is 1. The van der Waals surface area contributed by atoms with Crippen LogP contribution in [0.5, 0.6) is 5.75 Å². The maximum atomic E-state index is 12.0. The predicted octanol–water partition coefficient (Wildman–Crippen LogP) is 3.13. The van der Waals surface area contributed by atoms with Crippen LogP contribution in [0.3, 0.4) is 0 Å². The van der Waals surface area contributed by atoms with Crippen molar-refractivity contribution in [2.24, 2.45) is 0 Å². The molecule has 1 unspecified atom stereocenters. The highest BCUT2D eigenvalue weighted by atomic mass is 35.5. The molecule has 0 bridgehead atoms. The van der Waals surface area contributed by atoms with E-state index in [4.69, 9.17) is 16.3 Å². The van der Waals surface area contributed by atoms with Crippen LogP contribution in [-0.4, -0.2) is 24.3 Å². The van der Waals surface area contributed by atoms with Gasteiger partial charge in [0.05, 0.1) is 13.2 Å². The molecule has 1 atom stereocenters. The van der Waals surface area contributed by atoms with E-state index in [2.05, 4.69) is 10.6 Å². The summed E-state index contributed by atoms with van der Waals surface area (Å²) in [5.74, 6) is 0.651. The minimum Gasteiger partial charge on any atom is -0.493 e. The van der Waals surface area contributed by atoms with Gasteiger partial charge in [-0.3, -0.25) is 0 Å². The van der Waals surface area contributed by atoms with Crippen LogP contribution >= 0.6 is 11.6 Å². The summed E-state index contributed by atoms with van der Waals surface area (Å²) in [6, 6.07) is 13.8. The van der Waals surface area contributed by atoms with Crippen molar-refractivity contribution < 1.29 is 14.6 Å². The molecule has 2 aromatic carbocycles. The molecule has 2 aromatic rings. The molecule has 0 fully saturated rings. The Morgan fingerprint density at radius 1 is 1.26 bits per heavy atom. The number of nitrogens with one attached hydrogen (secondary N) is 2. The fourth-order valence-electron chi connectivity index (χ4n) is 2.59. The van der Waals surface area contributed by atoms with Gasteiger partial charge in [-0.2, -0.15) is 0 Å². The molecule has 0 radical (unpaired) electrons. The summed E-state index contributed by atoms with van der Waals surface area (Å²) < 4.78 is 5.53. The minimum atomic E-state index is -1.14. The normalized spacial score (nSPS) is 19.4. The zero-order chi connectivity index (χ0) is 16.3. The number of amides is 2. The summed E-state index contributed by atoms with van der Waals surface area (Å²) in [4.78, 5) is 12.0. The van der Waals surface area contributed by atoms with E-state index in [1.54, 1.807) is 24.3 Å². The molecule has 0 aliphatic carbocycles. The zero-order valence-electron chi connectivity index (χ0n) is 12.4. The van der Waals surface area contributed by atoms with Crippen LogP contribution in [0.1, 0.15) is 12.0 Å². The highest BCUT2D eigenvalue weighted by Gasteiger charge is 2.35. The van der Waals surface area contributed by atoms with Gasteiger partial charge < -0.3 is 20.5 Å². The second-order valence-electron chi connectivity index (χ2n) is 5.44. The number of halogens is 1. The number of hydrogen-bond donors (Lipinski definition) is 3. The summed E-state index contributed by atoms with van der Waals surface area (Å²) in [6.07, 6.45) is 0.418. The molecule has 0 spiro atoms. The standard InChI is InChI=1S/C17H17ClN2O3/c18-12-4-3-5-13(10-12)20-16(21)19-11-17(22)8-9-23-15-7-2-1-6-14(15)17/h1-7,10,22H,8-9,11H2,(H2,19,20,21). The van der Waals surface area contributed by atoms with Crippen molar-refractivity contribution in [3.63, 3.8) is 0 Å². The van der Waals surface area contributed by atoms with E-state index >= 15 is 0 Å². The zero-order valence-corrected chi connectivity index (χ0v) is 13.1. The number of carbonyl (C=O) groups excluding carboxylic acids is 1. The van der Waals surface area contributed by atoms with Gasteiger partial charge in [-0.25, -0.2) is 4.79 Å². The average Bonchev–Trinajstić information content (AvgIpc) is 2.54. The van der Waals surface area contributed by atoms with Crippen molar-refractivity contribution in [2.75, 3.05) is 18.5 Å². The van der Waals surface area contributed by atoms with E-state index in [0.717, 1.165) is 0 Å². The minimum absolute atomic E-state index is 0.0970. The van der Waals surface area contributed by atoms with Crippen molar-refractivity contribution in [1.82, 2.24) is 5.32 Å². The molecule has 1 aliphatic heterocycles. The van der Waals surface area contributed by atoms with Crippen LogP contribution in [-0.2, 0) is 5.60 Å². The van der Waals surface area contributed by atoms with Crippen molar-refractivity contribution in [3.05, 3.63) is 59.1 Å². The molecule has 3 rings (SSSR count). The van der Waals surface area contributed by atoms with Gasteiger partial charge in [0.25, 0.3) is 0 Å². The van der Waals surface area contributed by atoms with Gasteiger partial charge in [-0.1, -0.05) is 35.9 Å². The van der Waals surface area contributed by atoms with E-state index in [1.807, 2.05) is 24.3 Å². The van der Waals surface area contributed by atoms with Gasteiger partial charge in [0.1, 0.15) is 11.4 Å². The molecule has 0 saturated heterocycles. The summed E-state index contributed by atoms with van der Waals surface area (Å²) in [5, 5.41) is 16.8. The van der Waals surface area contributed by atoms with Crippen LogP contribution < -0.4 is 15.4 Å². The average molecular weight is 333 g/mol. The molecule has 3 N–H and O–H groups in total. The first-order valence-electron chi connectivity index (χ1n) is 7.32. The lowest BCUT2D eigenvalue weighted by atomic mass is 9.88. The largest absolute Gasteiger partial charge is 0.493 e. The van der Waals surface area contributed by atoms with E-state index < -0.39 is 11.6 Å². The van der Waals surface area contributed by atoms with Crippen LogP contribution in [0.15, 0.2) is 48.5 Å². The first-order valence-corrected chi connectivity index (χ1v) is 7.70. The van der Waals surface area contributed by atoms with Gasteiger partial charge in [0, 0.05) is 22.7 Å². The number of benzene rings is 2. The molecule has 1 aliphatic rings. The molecule has 23 heavy (non-hydrogen) atoms. The second kappa shape index (κ2) is 6.48. The topological polar surface area (TPSA) is 70.6 Å². The van der Waals surface area contributed by atoms with Crippen molar-refractivity contribution in [3.8, 4) is 5.75 Å². The molecule has 2 amide bonds. The lowest BCUT2D eigenvalue weighted by Gasteiger charge is -2.34. The Bertz CT molecular complexity index is 722. The van der Waals surface area contributed by atoms with Crippen molar-refractivity contribution in [2.45, 2.75) is 12.0 Å². The smallest absolute Gasteiger partial charge is 0.319 e. The van der Waals surface area contributed by atoms with Gasteiger partial charge in [0.15, 0.2) is 0 Å². The monoisotopic (exact) mass is 332 g/mol. The molecule has 1 heterocycles. The highest BCUT2D eigenvalue weighted by Crippen LogP contribution is 2.36. The van der Waals surface area contributed by atoms with Crippen LogP contribution in [0.4, 0.5) is 10.5 Å². The highest BCUT2D eigenvalue weighted by molar-refractivity contribution is 6.30. The summed E-state index contributed by atoms with van der Waals surface area (Å²) in [5.41, 5.74) is 0.143. The number of aliphatic hydroxyl groups is 1. The maximum absolute atomic E-state index is 12.0. The molecular weight excluding hydrogens is 316 g/mol. The number of para-hydroxylation sites is 1. The Kier molecular flexibility index (Phi) is 4.41. The molecule has 5 nitrogen and oxygen atoms in total. The fraction of sp³-hybridized carbons (Fsp3) is 0.235. The SMILES string of the molecule is O=C(NCC1(O)CCOc2ccccc21)Nc1cccc(Cl)c1.